The summed E-state index contributed by atoms with van der Waals surface area (Å²) < 4.78 is 40.4. The van der Waals surface area contributed by atoms with Crippen molar-refractivity contribution in [2.75, 3.05) is 0 Å². The second-order valence-corrected chi connectivity index (χ2v) is 7.53. The van der Waals surface area contributed by atoms with Gasteiger partial charge in [-0.2, -0.15) is 0 Å². The minimum Gasteiger partial charge on any atom is -0.406 e. The van der Waals surface area contributed by atoms with Crippen LogP contribution in [0.15, 0.2) is 61.2 Å². The topological polar surface area (TPSA) is 9.23 Å². The smallest absolute Gasteiger partial charge is 0.406 e. The molecule has 2 aromatic rings. The van der Waals surface area contributed by atoms with E-state index in [-0.39, 0.29) is 5.75 Å². The predicted octanol–water partition coefficient (Wildman–Crippen LogP) is 7.23. The average molecular weight is 398 g/mol. The highest BCUT2D eigenvalue weighted by molar-refractivity contribution is 5.45. The highest BCUT2D eigenvalue weighted by Gasteiger charge is 2.30. The van der Waals surface area contributed by atoms with Crippen LogP contribution in [0.25, 0.3) is 0 Å². The third kappa shape index (κ3) is 6.71. The molecule has 0 heterocycles. The van der Waals surface area contributed by atoms with Gasteiger partial charge in [0, 0.05) is 11.1 Å². The minimum atomic E-state index is -4.68. The molecule has 0 aliphatic heterocycles. The maximum Gasteiger partial charge on any atom is 0.573 e. The van der Waals surface area contributed by atoms with Gasteiger partial charge >= 0.3 is 6.36 Å². The van der Waals surface area contributed by atoms with Gasteiger partial charge in [0.1, 0.15) is 5.75 Å². The molecule has 2 aromatic carbocycles. The summed E-state index contributed by atoms with van der Waals surface area (Å²) in [5.74, 6) is 7.26. The molecule has 1 fully saturated rings. The Kier molecular flexibility index (Phi) is 7.04. The van der Waals surface area contributed by atoms with Crippen LogP contribution >= 0.6 is 0 Å². The minimum absolute atomic E-state index is 0.244. The summed E-state index contributed by atoms with van der Waals surface area (Å²) in [7, 11) is 0. The van der Waals surface area contributed by atoms with Crippen LogP contribution in [0.5, 0.6) is 5.75 Å². The van der Waals surface area contributed by atoms with E-state index < -0.39 is 6.36 Å². The van der Waals surface area contributed by atoms with Crippen molar-refractivity contribution >= 4 is 0 Å². The van der Waals surface area contributed by atoms with Gasteiger partial charge in [-0.05, 0) is 92.3 Å². The van der Waals surface area contributed by atoms with E-state index in [0.717, 1.165) is 17.9 Å². The zero-order chi connectivity index (χ0) is 20.7. The van der Waals surface area contributed by atoms with E-state index in [2.05, 4.69) is 35.3 Å². The molecular weight excluding hydrogens is 373 g/mol. The van der Waals surface area contributed by atoms with Crippen molar-refractivity contribution in [2.45, 2.75) is 50.8 Å². The summed E-state index contributed by atoms with van der Waals surface area (Å²) >= 11 is 0. The molecule has 0 amide bonds. The molecule has 0 radical (unpaired) electrons. The second kappa shape index (κ2) is 9.69. The number of halogens is 3. The number of hydrogen-bond donors (Lipinski definition) is 0. The predicted molar refractivity (Wildman–Crippen MR) is 110 cm³/mol. The third-order valence-electron chi connectivity index (χ3n) is 5.45. The fourth-order valence-electron chi connectivity index (χ4n) is 3.86. The number of ether oxygens (including phenoxy) is 1. The van der Waals surface area contributed by atoms with Gasteiger partial charge in [-0.25, -0.2) is 0 Å². The maximum absolute atomic E-state index is 12.2. The number of alkyl halides is 3. The first-order valence-corrected chi connectivity index (χ1v) is 10.0. The molecule has 1 aliphatic rings. The van der Waals surface area contributed by atoms with Gasteiger partial charge in [-0.1, -0.05) is 30.0 Å². The fraction of sp³-hybridized carbons (Fsp3) is 0.360. The number of benzene rings is 2. The molecule has 1 nitrogen and oxygen atoms in total. The Labute approximate surface area is 170 Å². The molecule has 0 bridgehead atoms. The van der Waals surface area contributed by atoms with Gasteiger partial charge in [0.25, 0.3) is 0 Å². The molecule has 4 heteroatoms. The molecule has 0 saturated heterocycles. The Hall–Kier alpha value is -2.67. The monoisotopic (exact) mass is 398 g/mol. The molecule has 1 aliphatic carbocycles. The van der Waals surface area contributed by atoms with Crippen LogP contribution in [0, 0.1) is 17.8 Å². The summed E-state index contributed by atoms with van der Waals surface area (Å²) in [5.41, 5.74) is 2.90. The standard InChI is InChI=1S/C25H25F3O/c1-2-3-4-19-7-13-22(14-8-19)23-15-9-20(10-16-23)5-6-21-11-17-24(18-12-21)29-25(26,27)28/h2,9-12,15-19,22H,1,3-4,7-8,13-14H2. The Morgan fingerprint density at radius 1 is 0.897 bits per heavy atom. The highest BCUT2D eigenvalue weighted by atomic mass is 19.4. The van der Waals surface area contributed by atoms with E-state index in [1.54, 1.807) is 0 Å². The lowest BCUT2D eigenvalue weighted by molar-refractivity contribution is -0.274. The van der Waals surface area contributed by atoms with Crippen molar-refractivity contribution in [1.82, 2.24) is 0 Å². The van der Waals surface area contributed by atoms with Gasteiger partial charge in [-0.3, -0.25) is 0 Å². The van der Waals surface area contributed by atoms with Gasteiger partial charge < -0.3 is 4.74 Å². The van der Waals surface area contributed by atoms with Gasteiger partial charge in [-0.15, -0.1) is 19.8 Å². The normalized spacial score (nSPS) is 19.1. The van der Waals surface area contributed by atoms with Crippen molar-refractivity contribution in [1.29, 1.82) is 0 Å². The Morgan fingerprint density at radius 3 is 1.97 bits per heavy atom. The van der Waals surface area contributed by atoms with Crippen LogP contribution in [0.1, 0.15) is 61.1 Å². The van der Waals surface area contributed by atoms with Crippen molar-refractivity contribution in [3.63, 3.8) is 0 Å². The molecule has 0 N–H and O–H groups in total. The Bertz CT molecular complexity index is 846. The third-order valence-corrected chi connectivity index (χ3v) is 5.45. The van der Waals surface area contributed by atoms with Gasteiger partial charge in [0.05, 0.1) is 0 Å². The van der Waals surface area contributed by atoms with Crippen molar-refractivity contribution in [3.05, 3.63) is 77.9 Å². The summed E-state index contributed by atoms with van der Waals surface area (Å²) in [5, 5.41) is 0. The molecule has 1 saturated carbocycles. The molecular formula is C25H25F3O. The molecule has 0 unspecified atom stereocenters. The summed E-state index contributed by atoms with van der Waals surface area (Å²) in [6, 6.07) is 13.9. The molecule has 0 atom stereocenters. The second-order valence-electron chi connectivity index (χ2n) is 7.53. The SMILES string of the molecule is C=CCCC1CCC(c2ccc(C#Cc3ccc(OC(F)(F)F)cc3)cc2)CC1. The molecule has 29 heavy (non-hydrogen) atoms. The summed E-state index contributed by atoms with van der Waals surface area (Å²) in [6.07, 6.45) is 4.74. The zero-order valence-corrected chi connectivity index (χ0v) is 16.3. The first-order valence-electron chi connectivity index (χ1n) is 10.0. The fourth-order valence-corrected chi connectivity index (χ4v) is 3.86. The van der Waals surface area contributed by atoms with Crippen LogP contribution in [-0.4, -0.2) is 6.36 Å². The van der Waals surface area contributed by atoms with Gasteiger partial charge in [0.2, 0.25) is 0 Å². The maximum atomic E-state index is 12.2. The lowest BCUT2D eigenvalue weighted by Gasteiger charge is -2.28. The van der Waals surface area contributed by atoms with E-state index in [9.17, 15) is 13.2 Å². The van der Waals surface area contributed by atoms with Crippen LogP contribution in [0.3, 0.4) is 0 Å². The number of rotatable bonds is 5. The first-order chi connectivity index (χ1) is 13.9. The lowest BCUT2D eigenvalue weighted by Crippen LogP contribution is -2.16. The summed E-state index contributed by atoms with van der Waals surface area (Å²) in [4.78, 5) is 0. The average Bonchev–Trinajstić information content (AvgIpc) is 2.71. The number of hydrogen-bond acceptors (Lipinski definition) is 1. The molecule has 0 aromatic heterocycles. The molecule has 152 valence electrons. The lowest BCUT2D eigenvalue weighted by atomic mass is 9.77. The van der Waals surface area contributed by atoms with Crippen LogP contribution in [0.2, 0.25) is 0 Å². The Balaban J connectivity index is 1.56. The molecule has 0 spiro atoms. The van der Waals surface area contributed by atoms with Crippen molar-refractivity contribution in [3.8, 4) is 17.6 Å². The van der Waals surface area contributed by atoms with E-state index in [1.165, 1.54) is 61.9 Å². The van der Waals surface area contributed by atoms with Crippen LogP contribution < -0.4 is 4.74 Å². The summed E-state index contributed by atoms with van der Waals surface area (Å²) in [6.45, 7) is 3.81. The van der Waals surface area contributed by atoms with E-state index in [4.69, 9.17) is 0 Å². The quantitative estimate of drug-likeness (QED) is 0.381. The van der Waals surface area contributed by atoms with Crippen LogP contribution in [-0.2, 0) is 0 Å². The number of allylic oxidation sites excluding steroid dienone is 1. The van der Waals surface area contributed by atoms with E-state index in [1.807, 2.05) is 18.2 Å². The first kappa shape index (κ1) is 21.0. The Morgan fingerprint density at radius 2 is 1.45 bits per heavy atom. The van der Waals surface area contributed by atoms with Crippen molar-refractivity contribution in [2.24, 2.45) is 5.92 Å². The van der Waals surface area contributed by atoms with Crippen LogP contribution in [0.4, 0.5) is 13.2 Å². The van der Waals surface area contributed by atoms with E-state index in [0.29, 0.717) is 11.5 Å². The highest BCUT2D eigenvalue weighted by Crippen LogP contribution is 2.37. The zero-order valence-electron chi connectivity index (χ0n) is 16.3. The largest absolute Gasteiger partial charge is 0.573 e. The van der Waals surface area contributed by atoms with Crippen molar-refractivity contribution < 1.29 is 17.9 Å². The van der Waals surface area contributed by atoms with E-state index >= 15 is 0 Å². The van der Waals surface area contributed by atoms with Gasteiger partial charge in [0.15, 0.2) is 0 Å². The molecule has 3 rings (SSSR count).